The lowest BCUT2D eigenvalue weighted by atomic mass is 10.1. The van der Waals surface area contributed by atoms with E-state index in [-0.39, 0.29) is 24.4 Å². The maximum atomic E-state index is 12.0. The van der Waals surface area contributed by atoms with Crippen molar-refractivity contribution in [3.63, 3.8) is 0 Å². The Morgan fingerprint density at radius 3 is 2.89 bits per heavy atom. The van der Waals surface area contributed by atoms with Gasteiger partial charge in [0.2, 0.25) is 0 Å². The fraction of sp³-hybridized carbons (Fsp3) is 0.462. The highest BCUT2D eigenvalue weighted by Gasteiger charge is 2.17. The molecule has 0 radical (unpaired) electrons. The van der Waals surface area contributed by atoms with Crippen molar-refractivity contribution in [1.29, 1.82) is 0 Å². The number of piperidine rings is 1. The third-order valence-electron chi connectivity index (χ3n) is 3.00. The SMILES string of the molecule is Cc1ccc(C(=O)N[C@H]2CCCNC2)c(Cl)c1.Cl. The van der Waals surface area contributed by atoms with Crippen LogP contribution in [0, 0.1) is 6.92 Å². The van der Waals surface area contributed by atoms with Crippen molar-refractivity contribution in [2.75, 3.05) is 13.1 Å². The molecule has 1 aliphatic heterocycles. The van der Waals surface area contributed by atoms with E-state index < -0.39 is 0 Å². The summed E-state index contributed by atoms with van der Waals surface area (Å²) < 4.78 is 0. The molecule has 100 valence electrons. The molecular weight excluding hydrogens is 271 g/mol. The predicted octanol–water partition coefficient (Wildman–Crippen LogP) is 2.55. The van der Waals surface area contributed by atoms with Crippen LogP contribution in [0.4, 0.5) is 0 Å². The van der Waals surface area contributed by atoms with Crippen LogP contribution in [0.3, 0.4) is 0 Å². The van der Waals surface area contributed by atoms with Gasteiger partial charge in [0.25, 0.3) is 5.91 Å². The van der Waals surface area contributed by atoms with Crippen LogP contribution < -0.4 is 10.6 Å². The molecule has 5 heteroatoms. The molecule has 18 heavy (non-hydrogen) atoms. The van der Waals surface area contributed by atoms with E-state index in [1.54, 1.807) is 6.07 Å². The van der Waals surface area contributed by atoms with Gasteiger partial charge in [-0.2, -0.15) is 0 Å². The van der Waals surface area contributed by atoms with Crippen molar-refractivity contribution in [2.45, 2.75) is 25.8 Å². The van der Waals surface area contributed by atoms with Gasteiger partial charge < -0.3 is 10.6 Å². The molecular formula is C13H18Cl2N2O. The van der Waals surface area contributed by atoms with Gasteiger partial charge in [-0.25, -0.2) is 0 Å². The monoisotopic (exact) mass is 288 g/mol. The van der Waals surface area contributed by atoms with Crippen molar-refractivity contribution in [3.8, 4) is 0 Å². The van der Waals surface area contributed by atoms with E-state index in [0.717, 1.165) is 31.5 Å². The second-order valence-corrected chi connectivity index (χ2v) is 4.91. The van der Waals surface area contributed by atoms with Crippen LogP contribution in [0.25, 0.3) is 0 Å². The first kappa shape index (κ1) is 15.3. The van der Waals surface area contributed by atoms with Crippen LogP contribution in [0.2, 0.25) is 5.02 Å². The lowest BCUT2D eigenvalue weighted by Gasteiger charge is -2.24. The van der Waals surface area contributed by atoms with Crippen molar-refractivity contribution in [2.24, 2.45) is 0 Å². The lowest BCUT2D eigenvalue weighted by Crippen LogP contribution is -2.45. The van der Waals surface area contributed by atoms with Gasteiger partial charge >= 0.3 is 0 Å². The number of rotatable bonds is 2. The number of hydrogen-bond acceptors (Lipinski definition) is 2. The highest BCUT2D eigenvalue weighted by Crippen LogP contribution is 2.17. The average Bonchev–Trinajstić information content (AvgIpc) is 2.30. The summed E-state index contributed by atoms with van der Waals surface area (Å²) in [4.78, 5) is 12.0. The molecule has 0 saturated carbocycles. The first-order chi connectivity index (χ1) is 8.16. The largest absolute Gasteiger partial charge is 0.348 e. The van der Waals surface area contributed by atoms with Gasteiger partial charge in [-0.3, -0.25) is 4.79 Å². The smallest absolute Gasteiger partial charge is 0.253 e. The number of hydrogen-bond donors (Lipinski definition) is 2. The third kappa shape index (κ3) is 3.87. The van der Waals surface area contributed by atoms with E-state index in [1.807, 2.05) is 19.1 Å². The Balaban J connectivity index is 0.00000162. The fourth-order valence-corrected chi connectivity index (χ4v) is 2.36. The van der Waals surface area contributed by atoms with Crippen LogP contribution in [0.15, 0.2) is 18.2 Å². The van der Waals surface area contributed by atoms with Gasteiger partial charge in [-0.1, -0.05) is 17.7 Å². The second-order valence-electron chi connectivity index (χ2n) is 4.50. The molecule has 2 rings (SSSR count). The Kier molecular flexibility index (Phi) is 5.93. The Hall–Kier alpha value is -0.770. The van der Waals surface area contributed by atoms with Gasteiger partial charge in [0.15, 0.2) is 0 Å². The zero-order chi connectivity index (χ0) is 12.3. The Morgan fingerprint density at radius 2 is 2.28 bits per heavy atom. The maximum Gasteiger partial charge on any atom is 0.253 e. The van der Waals surface area contributed by atoms with Crippen molar-refractivity contribution in [1.82, 2.24) is 10.6 Å². The summed E-state index contributed by atoms with van der Waals surface area (Å²) in [6.45, 7) is 3.84. The third-order valence-corrected chi connectivity index (χ3v) is 3.31. The quantitative estimate of drug-likeness (QED) is 0.878. The van der Waals surface area contributed by atoms with Gasteiger partial charge in [0, 0.05) is 12.6 Å². The number of nitrogens with one attached hydrogen (secondary N) is 2. The molecule has 0 aromatic heterocycles. The summed E-state index contributed by atoms with van der Waals surface area (Å²) >= 11 is 6.07. The number of halogens is 2. The molecule has 0 spiro atoms. The van der Waals surface area contributed by atoms with Crippen LogP contribution >= 0.6 is 24.0 Å². The van der Waals surface area contributed by atoms with Gasteiger partial charge in [0.05, 0.1) is 10.6 Å². The molecule has 1 fully saturated rings. The van der Waals surface area contributed by atoms with E-state index in [4.69, 9.17) is 11.6 Å². The number of benzene rings is 1. The minimum absolute atomic E-state index is 0. The summed E-state index contributed by atoms with van der Waals surface area (Å²) in [7, 11) is 0. The van der Waals surface area contributed by atoms with Gasteiger partial charge in [-0.05, 0) is 44.0 Å². The van der Waals surface area contributed by atoms with Crippen molar-refractivity contribution >= 4 is 29.9 Å². The fourth-order valence-electron chi connectivity index (χ4n) is 2.04. The molecule has 1 aliphatic rings. The average molecular weight is 289 g/mol. The summed E-state index contributed by atoms with van der Waals surface area (Å²) in [5.41, 5.74) is 1.62. The number of carbonyl (C=O) groups excluding carboxylic acids is 1. The predicted molar refractivity (Wildman–Crippen MR) is 76.8 cm³/mol. The Labute approximate surface area is 119 Å². The molecule has 1 atom stereocenters. The molecule has 1 saturated heterocycles. The van der Waals surface area contributed by atoms with Crippen LogP contribution in [0.1, 0.15) is 28.8 Å². The zero-order valence-electron chi connectivity index (χ0n) is 10.3. The van der Waals surface area contributed by atoms with E-state index in [0.29, 0.717) is 10.6 Å². The highest BCUT2D eigenvalue weighted by atomic mass is 35.5. The lowest BCUT2D eigenvalue weighted by molar-refractivity contribution is 0.0931. The van der Waals surface area contributed by atoms with Crippen LogP contribution in [-0.2, 0) is 0 Å². The minimum Gasteiger partial charge on any atom is -0.348 e. The first-order valence-electron chi connectivity index (χ1n) is 5.94. The molecule has 2 N–H and O–H groups in total. The maximum absolute atomic E-state index is 12.0. The summed E-state index contributed by atoms with van der Waals surface area (Å²) in [5, 5.41) is 6.80. The molecule has 1 aromatic rings. The van der Waals surface area contributed by atoms with E-state index in [1.165, 1.54) is 0 Å². The zero-order valence-corrected chi connectivity index (χ0v) is 11.9. The number of aryl methyl sites for hydroxylation is 1. The normalized spacial score (nSPS) is 18.9. The van der Waals surface area contributed by atoms with Crippen molar-refractivity contribution < 1.29 is 4.79 Å². The van der Waals surface area contributed by atoms with Crippen LogP contribution in [-0.4, -0.2) is 25.0 Å². The van der Waals surface area contributed by atoms with E-state index in [2.05, 4.69) is 10.6 Å². The van der Waals surface area contributed by atoms with Gasteiger partial charge in [0.1, 0.15) is 0 Å². The highest BCUT2D eigenvalue weighted by molar-refractivity contribution is 6.33. The first-order valence-corrected chi connectivity index (χ1v) is 6.32. The molecule has 1 amide bonds. The van der Waals surface area contributed by atoms with E-state index >= 15 is 0 Å². The molecule has 0 aliphatic carbocycles. The minimum atomic E-state index is -0.0799. The standard InChI is InChI=1S/C13H17ClN2O.ClH/c1-9-4-5-11(12(14)7-9)13(17)16-10-3-2-6-15-8-10;/h4-5,7,10,15H,2-3,6,8H2,1H3,(H,16,17);1H/t10-;/m0./s1. The molecule has 0 unspecified atom stereocenters. The van der Waals surface area contributed by atoms with Crippen molar-refractivity contribution in [3.05, 3.63) is 34.3 Å². The molecule has 0 bridgehead atoms. The van der Waals surface area contributed by atoms with E-state index in [9.17, 15) is 4.79 Å². The molecule has 3 nitrogen and oxygen atoms in total. The Morgan fingerprint density at radius 1 is 1.50 bits per heavy atom. The summed E-state index contributed by atoms with van der Waals surface area (Å²) in [6, 6.07) is 5.72. The Bertz CT molecular complexity index is 417. The topological polar surface area (TPSA) is 41.1 Å². The molecule has 1 aromatic carbocycles. The van der Waals surface area contributed by atoms with Gasteiger partial charge in [-0.15, -0.1) is 12.4 Å². The van der Waals surface area contributed by atoms with Crippen LogP contribution in [0.5, 0.6) is 0 Å². The summed E-state index contributed by atoms with van der Waals surface area (Å²) in [5.74, 6) is -0.0799. The number of amides is 1. The summed E-state index contributed by atoms with van der Waals surface area (Å²) in [6.07, 6.45) is 2.13. The molecule has 1 heterocycles. The number of carbonyl (C=O) groups is 1. The second kappa shape index (κ2) is 6.98.